The van der Waals surface area contributed by atoms with E-state index in [4.69, 9.17) is 66.3 Å². The summed E-state index contributed by atoms with van der Waals surface area (Å²) in [5, 5.41) is 223. The molecule has 21 saturated heterocycles. The topological polar surface area (TPSA) is 534 Å². The first kappa shape index (κ1) is 65.8. The van der Waals surface area contributed by atoms with E-state index in [0.29, 0.717) is 0 Å². The van der Waals surface area contributed by atoms with E-state index in [1.807, 2.05) is 0 Å². The van der Waals surface area contributed by atoms with Gasteiger partial charge in [-0.15, -0.1) is 0 Å². The zero-order valence-corrected chi connectivity index (χ0v) is 45.3. The number of benzene rings is 1. The van der Waals surface area contributed by atoms with E-state index in [1.165, 1.54) is 0 Å². The molecule has 21 aliphatic rings. The molecular weight excluding hydrogens is 1200 g/mol. The Morgan fingerprint density at radius 2 is 0.422 bits per heavy atom. The molecule has 21 fully saturated rings. The molecule has 0 radical (unpaired) electrons. The summed E-state index contributed by atoms with van der Waals surface area (Å²) in [6.07, 6.45) is -68.7. The van der Waals surface area contributed by atoms with Crippen LogP contribution in [0.2, 0.25) is 5.32 Å². The second-order valence-electron chi connectivity index (χ2n) is 21.1. The molecule has 0 saturated carbocycles. The van der Waals surface area contributed by atoms with Gasteiger partial charge < -0.3 is 84.6 Å². The van der Waals surface area contributed by atoms with Crippen LogP contribution in [0.15, 0.2) is 30.3 Å². The molecule has 14 bridgehead atoms. The fourth-order valence-electron chi connectivity index (χ4n) is 11.1. The van der Waals surface area contributed by atoms with E-state index >= 15 is 0 Å². The zero-order valence-electron chi connectivity index (χ0n) is 43.6. The van der Waals surface area contributed by atoms with E-state index in [9.17, 15) is 102 Å². The summed E-state index contributed by atoms with van der Waals surface area (Å²) in [6.45, 7) is -6.16. The molecular formula is C48H74O34Se. The summed E-state index contributed by atoms with van der Waals surface area (Å²) >= 11 is -0.515. The van der Waals surface area contributed by atoms with Crippen LogP contribution in [0.3, 0.4) is 0 Å². The van der Waals surface area contributed by atoms with Gasteiger partial charge in [-0.25, -0.2) is 0 Å². The molecule has 21 aliphatic heterocycles. The van der Waals surface area contributed by atoms with Crippen molar-refractivity contribution in [2.45, 2.75) is 220 Å². The van der Waals surface area contributed by atoms with Gasteiger partial charge >= 0.3 is 287 Å². The van der Waals surface area contributed by atoms with Gasteiger partial charge in [0.1, 0.15) is 61.0 Å². The third-order valence-electron chi connectivity index (χ3n) is 15.8. The smallest absolute Gasteiger partial charge is 0.387 e. The number of hydrogen-bond acceptors (Lipinski definition) is 34. The predicted molar refractivity (Wildman–Crippen MR) is 258 cm³/mol. The molecule has 34 nitrogen and oxygen atoms in total. The summed E-state index contributed by atoms with van der Waals surface area (Å²) in [5.74, 6) is 0. The number of rotatable bonds is 9. The van der Waals surface area contributed by atoms with Crippen molar-refractivity contribution < 1.29 is 168 Å². The van der Waals surface area contributed by atoms with Crippen LogP contribution in [0.25, 0.3) is 0 Å². The monoisotopic (exact) mass is 1270 g/mol. The Kier molecular flexibility index (Phi) is 22.6. The molecule has 83 heavy (non-hydrogen) atoms. The molecule has 476 valence electrons. The van der Waals surface area contributed by atoms with Crippen LogP contribution in [0.4, 0.5) is 0 Å². The van der Waals surface area contributed by atoms with E-state index in [0.717, 1.165) is 4.46 Å². The molecule has 20 N–H and O–H groups in total. The maximum atomic E-state index is 11.8. The molecule has 1 aromatic carbocycles. The number of hydrogen-bond donors (Lipinski definition) is 20. The standard InChI is InChI=1S/C48H74O34Se/c49-6-14-35-22(56)29(63)43(70-14)78-37-16(8-51)72-45(31(65)24(37)58)80-39-18(10-53)74-47(33(67)26(39)60)82-41-20(12-83-13-4-2-1-3-5-13)75-48(34(68)27(41)61)81-40-19(11-54)73-46(32(66)25(40)59)79-38-17(9-52)71-44(30(64)23(38)57)77-36-15(7-50)69-42(76-35)28(62)21(36)55/h1-5,14-68H,6-12H2. The SMILES string of the molecule is OCC1OC2OC3C(CO)OC(OC4C(CO)OC(OC5C(C[Se]c6ccccc6)OC(OC6C(CO)OC(OC7C(CO)OC(OC8C(CO)OC(OC1C(O)C2O)C(O)C8O)C(O)C7O)C(O)C6O)C(O)C5O)C(O)C4O)C(O)C3O. The number of aliphatic hydroxyl groups excluding tert-OH is 20. The van der Waals surface area contributed by atoms with Gasteiger partial charge in [0.05, 0.1) is 26.4 Å². The molecule has 21 heterocycles. The van der Waals surface area contributed by atoms with E-state index in [-0.39, 0.29) is 5.32 Å². The summed E-state index contributed by atoms with van der Waals surface area (Å²) in [4.78, 5) is 0. The third kappa shape index (κ3) is 13.5. The van der Waals surface area contributed by atoms with Gasteiger partial charge in [0.2, 0.25) is 0 Å². The minimum Gasteiger partial charge on any atom is -0.387 e. The summed E-state index contributed by atoms with van der Waals surface area (Å²) in [5.41, 5.74) is 0. The second-order valence-corrected chi connectivity index (χ2v) is 23.4. The van der Waals surface area contributed by atoms with Crippen molar-refractivity contribution >= 4 is 19.4 Å². The van der Waals surface area contributed by atoms with Crippen molar-refractivity contribution in [1.82, 2.24) is 0 Å². The van der Waals surface area contributed by atoms with Crippen LogP contribution in [-0.4, -0.2) is 372 Å². The first-order valence-corrected chi connectivity index (χ1v) is 28.8. The van der Waals surface area contributed by atoms with Crippen molar-refractivity contribution in [1.29, 1.82) is 0 Å². The van der Waals surface area contributed by atoms with Crippen molar-refractivity contribution in [3.63, 3.8) is 0 Å². The average Bonchev–Trinajstić information content (AvgIpc) is 2.50. The normalized spacial score (nSPS) is 52.2. The minimum absolute atomic E-state index is 0.00583. The van der Waals surface area contributed by atoms with Crippen LogP contribution < -0.4 is 4.46 Å². The van der Waals surface area contributed by atoms with Gasteiger partial charge in [-0.1, -0.05) is 0 Å². The Hall–Kier alpha value is -1.62. The quantitative estimate of drug-likeness (QED) is 0.102. The van der Waals surface area contributed by atoms with Gasteiger partial charge in [0.25, 0.3) is 0 Å². The fraction of sp³-hybridized carbons (Fsp3) is 0.875. The van der Waals surface area contributed by atoms with Crippen LogP contribution in [0.1, 0.15) is 0 Å². The van der Waals surface area contributed by atoms with Crippen LogP contribution in [0.5, 0.6) is 0 Å². The molecule has 35 atom stereocenters. The second kappa shape index (κ2) is 28.5. The molecule has 1 aromatic rings. The molecule has 0 aliphatic carbocycles. The molecule has 0 amide bonds. The zero-order chi connectivity index (χ0) is 59.9. The van der Waals surface area contributed by atoms with E-state index < -0.39 is 270 Å². The van der Waals surface area contributed by atoms with Crippen LogP contribution in [-0.2, 0) is 66.3 Å². The van der Waals surface area contributed by atoms with Gasteiger partial charge in [-0.3, -0.25) is 0 Å². The first-order valence-electron chi connectivity index (χ1n) is 26.7. The fourth-order valence-corrected chi connectivity index (χ4v) is 13.1. The van der Waals surface area contributed by atoms with Crippen molar-refractivity contribution in [3.8, 4) is 0 Å². The third-order valence-corrected chi connectivity index (χ3v) is 18.1. The van der Waals surface area contributed by atoms with E-state index in [1.54, 1.807) is 30.3 Å². The minimum atomic E-state index is -2.20. The van der Waals surface area contributed by atoms with Gasteiger partial charge in [-0.2, -0.15) is 0 Å². The Balaban J connectivity index is 1.01. The Morgan fingerprint density at radius 1 is 0.241 bits per heavy atom. The van der Waals surface area contributed by atoms with Crippen LogP contribution in [0, 0.1) is 0 Å². The molecule has 22 rings (SSSR count). The van der Waals surface area contributed by atoms with E-state index in [2.05, 4.69) is 0 Å². The summed E-state index contributed by atoms with van der Waals surface area (Å²) in [6, 6.07) is 8.84. The Bertz CT molecular complexity index is 2140. The maximum absolute atomic E-state index is 11.8. The van der Waals surface area contributed by atoms with Crippen molar-refractivity contribution in [2.75, 3.05) is 39.6 Å². The van der Waals surface area contributed by atoms with Crippen LogP contribution >= 0.6 is 0 Å². The Morgan fingerprint density at radius 3 is 0.614 bits per heavy atom. The van der Waals surface area contributed by atoms with Crippen molar-refractivity contribution in [3.05, 3.63) is 30.3 Å². The molecule has 35 heteroatoms. The predicted octanol–water partition coefficient (Wildman–Crippen LogP) is -13.8. The first-order chi connectivity index (χ1) is 39.7. The van der Waals surface area contributed by atoms with Gasteiger partial charge in [-0.05, 0) is 0 Å². The summed E-state index contributed by atoms with van der Waals surface area (Å²) in [7, 11) is 0. The number of ether oxygens (including phenoxy) is 14. The van der Waals surface area contributed by atoms with Crippen molar-refractivity contribution in [2.24, 2.45) is 0 Å². The molecule has 0 spiro atoms. The van der Waals surface area contributed by atoms with Gasteiger partial charge in [0, 0.05) is 0 Å². The molecule has 35 unspecified atom stereocenters. The Labute approximate surface area is 476 Å². The van der Waals surface area contributed by atoms with Gasteiger partial charge in [0.15, 0.2) is 18.9 Å². The summed E-state index contributed by atoms with van der Waals surface area (Å²) < 4.78 is 82.3. The molecule has 0 aromatic heterocycles. The number of aliphatic hydroxyl groups is 20. The average molecular weight is 1270 g/mol.